The molecule has 0 fully saturated rings. The van der Waals surface area contributed by atoms with Crippen LogP contribution in [0.2, 0.25) is 0 Å². The van der Waals surface area contributed by atoms with Crippen LogP contribution in [-0.4, -0.2) is 23.6 Å². The molecule has 0 atom stereocenters. The van der Waals surface area contributed by atoms with E-state index in [-0.39, 0.29) is 5.56 Å². The van der Waals surface area contributed by atoms with Gasteiger partial charge in [-0.25, -0.2) is 4.98 Å². The van der Waals surface area contributed by atoms with Gasteiger partial charge in [0.1, 0.15) is 4.47 Å². The lowest BCUT2D eigenvalue weighted by Gasteiger charge is -2.14. The van der Waals surface area contributed by atoms with Crippen LogP contribution in [0.4, 0.5) is 5.82 Å². The van der Waals surface area contributed by atoms with Gasteiger partial charge in [-0.05, 0) is 15.9 Å². The lowest BCUT2D eigenvalue weighted by atomic mass is 10.5. The van der Waals surface area contributed by atoms with Crippen LogP contribution in [0.25, 0.3) is 0 Å². The number of H-pyrrole nitrogens is 1. The maximum Gasteiger partial charge on any atom is 0.267 e. The minimum atomic E-state index is -0.214. The van der Waals surface area contributed by atoms with Crippen LogP contribution in [-0.2, 0) is 0 Å². The van der Waals surface area contributed by atoms with Crippen molar-refractivity contribution in [3.05, 3.63) is 21.2 Å². The monoisotopic (exact) mass is 241 g/mol. The average Bonchev–Trinajstić information content (AvgIpc) is 2.10. The van der Waals surface area contributed by atoms with Gasteiger partial charge in [0.25, 0.3) is 5.56 Å². The summed E-state index contributed by atoms with van der Waals surface area (Å²) in [6.45, 7) is 0.412. The molecule has 1 aromatic rings. The fourth-order valence-corrected chi connectivity index (χ4v) is 1.37. The van der Waals surface area contributed by atoms with Crippen molar-refractivity contribution in [3.63, 3.8) is 0 Å². The molecule has 1 rings (SSSR count). The largest absolute Gasteiger partial charge is 0.347 e. The molecule has 0 radical (unpaired) electrons. The Morgan fingerprint density at radius 3 is 3.15 bits per heavy atom. The Morgan fingerprint density at radius 1 is 1.85 bits per heavy atom. The van der Waals surface area contributed by atoms with Gasteiger partial charge >= 0.3 is 0 Å². The summed E-state index contributed by atoms with van der Waals surface area (Å²) >= 11 is 3.13. The van der Waals surface area contributed by atoms with E-state index in [1.54, 1.807) is 11.9 Å². The Balaban J connectivity index is 3.09. The summed E-state index contributed by atoms with van der Waals surface area (Å²) in [4.78, 5) is 19.3. The summed E-state index contributed by atoms with van der Waals surface area (Å²) in [5, 5.41) is 0. The van der Waals surface area contributed by atoms with E-state index in [0.717, 1.165) is 0 Å². The van der Waals surface area contributed by atoms with Crippen molar-refractivity contribution in [1.82, 2.24) is 9.97 Å². The molecule has 0 unspecified atom stereocenters. The Labute approximate surface area is 84.1 Å². The molecule has 0 spiro atoms. The molecule has 1 N–H and O–H groups in total. The normalized spacial score (nSPS) is 9.31. The van der Waals surface area contributed by atoms with E-state index in [9.17, 15) is 4.79 Å². The number of nitrogens with one attached hydrogen (secondary N) is 1. The highest BCUT2D eigenvalue weighted by Gasteiger charge is 2.08. The Morgan fingerprint density at radius 2 is 2.54 bits per heavy atom. The standard InChI is InChI=1S/C8H8BrN3O/c1-3-4-12(2)7-6(9)8(13)11-5-10-7/h1,5H,4H2,2H3,(H,10,11,13). The first-order valence-corrected chi connectivity index (χ1v) is 4.34. The van der Waals surface area contributed by atoms with E-state index in [2.05, 4.69) is 31.8 Å². The molecule has 0 saturated carbocycles. The molecule has 0 aliphatic heterocycles. The summed E-state index contributed by atoms with van der Waals surface area (Å²) in [5.74, 6) is 3.01. The van der Waals surface area contributed by atoms with E-state index < -0.39 is 0 Å². The molecule has 0 amide bonds. The third kappa shape index (κ3) is 2.10. The maximum atomic E-state index is 11.1. The number of hydrogen-bond acceptors (Lipinski definition) is 3. The molecule has 0 aromatic carbocycles. The van der Waals surface area contributed by atoms with Gasteiger partial charge in [0.15, 0.2) is 5.82 Å². The van der Waals surface area contributed by atoms with Crippen LogP contribution in [0.1, 0.15) is 0 Å². The molecular weight excluding hydrogens is 234 g/mol. The van der Waals surface area contributed by atoms with E-state index in [1.165, 1.54) is 6.33 Å². The van der Waals surface area contributed by atoms with E-state index in [4.69, 9.17) is 6.42 Å². The summed E-state index contributed by atoms with van der Waals surface area (Å²) < 4.78 is 0.396. The van der Waals surface area contributed by atoms with Crippen molar-refractivity contribution < 1.29 is 0 Å². The zero-order chi connectivity index (χ0) is 9.84. The quantitative estimate of drug-likeness (QED) is 0.772. The highest BCUT2D eigenvalue weighted by atomic mass is 79.9. The number of halogens is 1. The van der Waals surface area contributed by atoms with Crippen molar-refractivity contribution >= 4 is 21.7 Å². The SMILES string of the molecule is C#CCN(C)c1nc[nH]c(=O)c1Br. The van der Waals surface area contributed by atoms with Gasteiger partial charge in [0.2, 0.25) is 0 Å². The zero-order valence-corrected chi connectivity index (χ0v) is 8.63. The van der Waals surface area contributed by atoms with E-state index in [1.807, 2.05) is 0 Å². The van der Waals surface area contributed by atoms with Crippen molar-refractivity contribution in [2.24, 2.45) is 0 Å². The first-order chi connectivity index (χ1) is 6.16. The van der Waals surface area contributed by atoms with Gasteiger partial charge in [0.05, 0.1) is 12.9 Å². The summed E-state index contributed by atoms with van der Waals surface area (Å²) in [7, 11) is 1.77. The molecule has 5 heteroatoms. The van der Waals surface area contributed by atoms with Gasteiger partial charge < -0.3 is 9.88 Å². The molecule has 13 heavy (non-hydrogen) atoms. The number of rotatable bonds is 2. The number of anilines is 1. The van der Waals surface area contributed by atoms with E-state index in [0.29, 0.717) is 16.8 Å². The maximum absolute atomic E-state index is 11.1. The Kier molecular flexibility index (Phi) is 3.09. The molecule has 0 aliphatic carbocycles. The molecule has 1 heterocycles. The molecule has 0 aliphatic rings. The van der Waals surface area contributed by atoms with E-state index >= 15 is 0 Å². The predicted molar refractivity (Wildman–Crippen MR) is 54.7 cm³/mol. The molecule has 4 nitrogen and oxygen atoms in total. The second-order valence-electron chi connectivity index (χ2n) is 2.43. The van der Waals surface area contributed by atoms with Crippen LogP contribution in [0.5, 0.6) is 0 Å². The third-order valence-corrected chi connectivity index (χ3v) is 2.18. The minimum absolute atomic E-state index is 0.214. The summed E-state index contributed by atoms with van der Waals surface area (Å²) in [5.41, 5.74) is -0.214. The third-order valence-electron chi connectivity index (χ3n) is 1.47. The lowest BCUT2D eigenvalue weighted by Crippen LogP contribution is -2.22. The van der Waals surface area contributed by atoms with Gasteiger partial charge in [-0.2, -0.15) is 0 Å². The second-order valence-corrected chi connectivity index (χ2v) is 3.22. The van der Waals surface area contributed by atoms with Gasteiger partial charge in [-0.1, -0.05) is 5.92 Å². The first kappa shape index (κ1) is 9.81. The van der Waals surface area contributed by atoms with Crippen molar-refractivity contribution in [1.29, 1.82) is 0 Å². The highest BCUT2D eigenvalue weighted by Crippen LogP contribution is 2.16. The lowest BCUT2D eigenvalue weighted by molar-refractivity contribution is 0.967. The molecular formula is C8H8BrN3O. The van der Waals surface area contributed by atoms with Crippen LogP contribution >= 0.6 is 15.9 Å². The summed E-state index contributed by atoms with van der Waals surface area (Å²) in [6, 6.07) is 0. The number of hydrogen-bond donors (Lipinski definition) is 1. The molecule has 1 aromatic heterocycles. The van der Waals surface area contributed by atoms with Crippen LogP contribution < -0.4 is 10.5 Å². The van der Waals surface area contributed by atoms with Crippen molar-refractivity contribution in [2.45, 2.75) is 0 Å². The average molecular weight is 242 g/mol. The Bertz CT molecular complexity index is 393. The number of aromatic amines is 1. The topological polar surface area (TPSA) is 49.0 Å². The van der Waals surface area contributed by atoms with Crippen LogP contribution in [0.15, 0.2) is 15.6 Å². The first-order valence-electron chi connectivity index (χ1n) is 3.54. The van der Waals surface area contributed by atoms with Crippen LogP contribution in [0, 0.1) is 12.3 Å². The van der Waals surface area contributed by atoms with Crippen LogP contribution in [0.3, 0.4) is 0 Å². The van der Waals surface area contributed by atoms with Gasteiger partial charge in [-0.15, -0.1) is 6.42 Å². The fourth-order valence-electron chi connectivity index (χ4n) is 0.852. The minimum Gasteiger partial charge on any atom is -0.347 e. The fraction of sp³-hybridized carbons (Fsp3) is 0.250. The highest BCUT2D eigenvalue weighted by molar-refractivity contribution is 9.10. The zero-order valence-electron chi connectivity index (χ0n) is 7.04. The van der Waals surface area contributed by atoms with Crippen molar-refractivity contribution in [2.75, 3.05) is 18.5 Å². The van der Waals surface area contributed by atoms with Gasteiger partial charge in [-0.3, -0.25) is 4.79 Å². The second kappa shape index (κ2) is 4.10. The molecule has 0 bridgehead atoms. The number of terminal acetylenes is 1. The van der Waals surface area contributed by atoms with Gasteiger partial charge in [0, 0.05) is 7.05 Å². The molecule has 68 valence electrons. The smallest absolute Gasteiger partial charge is 0.267 e. The summed E-state index contributed by atoms with van der Waals surface area (Å²) in [6.07, 6.45) is 6.48. The number of aromatic nitrogens is 2. The Hall–Kier alpha value is -1.28. The number of nitrogens with zero attached hydrogens (tertiary/aromatic N) is 2. The predicted octanol–water partition coefficient (Wildman–Crippen LogP) is 0.602. The molecule has 0 saturated heterocycles. The van der Waals surface area contributed by atoms with Crippen molar-refractivity contribution in [3.8, 4) is 12.3 Å².